The van der Waals surface area contributed by atoms with E-state index in [0.717, 1.165) is 5.56 Å². The second-order valence-electron chi connectivity index (χ2n) is 5.43. The zero-order chi connectivity index (χ0) is 15.6. The summed E-state index contributed by atoms with van der Waals surface area (Å²) < 4.78 is 11.3. The minimum absolute atomic E-state index is 0.161. The van der Waals surface area contributed by atoms with Crippen molar-refractivity contribution in [1.29, 1.82) is 0 Å². The van der Waals surface area contributed by atoms with Crippen molar-refractivity contribution in [2.45, 2.75) is 25.4 Å². The van der Waals surface area contributed by atoms with E-state index in [2.05, 4.69) is 5.32 Å². The molecule has 0 bridgehead atoms. The molecule has 3 unspecified atom stereocenters. The number of hydrogen-bond donors (Lipinski definition) is 1. The minimum atomic E-state index is -1.07. The van der Waals surface area contributed by atoms with Crippen LogP contribution in [-0.2, 0) is 25.9 Å². The van der Waals surface area contributed by atoms with E-state index < -0.39 is 22.4 Å². The molecule has 1 aliphatic heterocycles. The Hall–Kier alpha value is -1.69. The fourth-order valence-corrected chi connectivity index (χ4v) is 2.95. The third-order valence-corrected chi connectivity index (χ3v) is 4.64. The first-order valence-electron chi connectivity index (χ1n) is 6.85. The number of rotatable bonds is 4. The molecular weight excluding hydrogens is 288 g/mol. The Kier molecular flexibility index (Phi) is 4.46. The van der Waals surface area contributed by atoms with Gasteiger partial charge >= 0.3 is 0 Å². The van der Waals surface area contributed by atoms with Crippen molar-refractivity contribution in [3.8, 4) is 0 Å². The third kappa shape index (κ3) is 3.00. The van der Waals surface area contributed by atoms with Gasteiger partial charge in [-0.1, -0.05) is 30.3 Å². The minimum Gasteiger partial charge on any atom is -0.336 e. The molecule has 0 aromatic heterocycles. The van der Waals surface area contributed by atoms with Crippen LogP contribution in [0.4, 0.5) is 0 Å². The molecule has 21 heavy (non-hydrogen) atoms. The highest BCUT2D eigenvalue weighted by atomic mass is 32.2. The van der Waals surface area contributed by atoms with Crippen molar-refractivity contribution in [2.75, 3.05) is 18.6 Å². The second kappa shape index (κ2) is 5.97. The Labute approximate surface area is 127 Å². The van der Waals surface area contributed by atoms with Gasteiger partial charge in [0.25, 0.3) is 5.91 Å². The lowest BCUT2D eigenvalue weighted by atomic mass is 9.87. The zero-order valence-corrected chi connectivity index (χ0v) is 13.3. The van der Waals surface area contributed by atoms with Crippen LogP contribution in [0.15, 0.2) is 30.3 Å². The number of carbonyl (C=O) groups excluding carboxylic acids is 2. The summed E-state index contributed by atoms with van der Waals surface area (Å²) in [5.74, 6) is 0.0166. The van der Waals surface area contributed by atoms with E-state index in [1.54, 1.807) is 20.1 Å². The summed E-state index contributed by atoms with van der Waals surface area (Å²) in [7, 11) is -1.00. The number of carbonyl (C=O) groups is 2. The van der Waals surface area contributed by atoms with E-state index >= 15 is 0 Å². The molecule has 2 amide bonds. The first-order valence-corrected chi connectivity index (χ1v) is 8.57. The van der Waals surface area contributed by atoms with E-state index in [-0.39, 0.29) is 11.8 Å². The molecule has 0 aliphatic carbocycles. The van der Waals surface area contributed by atoms with E-state index in [1.165, 1.54) is 4.90 Å². The maximum absolute atomic E-state index is 12.8. The van der Waals surface area contributed by atoms with Crippen LogP contribution in [0, 0.1) is 0 Å². The van der Waals surface area contributed by atoms with Crippen molar-refractivity contribution >= 4 is 22.6 Å². The number of amides is 2. The average Bonchev–Trinajstić information content (AvgIpc) is 2.46. The molecule has 0 saturated carbocycles. The Morgan fingerprint density at radius 3 is 2.48 bits per heavy atom. The van der Waals surface area contributed by atoms with Crippen molar-refractivity contribution in [2.24, 2.45) is 0 Å². The Balaban J connectivity index is 2.34. The maximum atomic E-state index is 12.8. The van der Waals surface area contributed by atoms with Gasteiger partial charge in [-0.25, -0.2) is 0 Å². The number of benzene rings is 1. The molecule has 1 heterocycles. The summed E-state index contributed by atoms with van der Waals surface area (Å²) in [5, 5.41) is 2.82. The smallest absolute Gasteiger partial charge is 0.253 e. The Morgan fingerprint density at radius 1 is 1.29 bits per heavy atom. The summed E-state index contributed by atoms with van der Waals surface area (Å²) in [6.07, 6.45) is 1.59. The maximum Gasteiger partial charge on any atom is 0.253 e. The molecule has 1 aromatic rings. The van der Waals surface area contributed by atoms with E-state index in [1.807, 2.05) is 30.3 Å². The molecule has 0 spiro atoms. The summed E-state index contributed by atoms with van der Waals surface area (Å²) in [6, 6.07) is 8.64. The summed E-state index contributed by atoms with van der Waals surface area (Å²) in [4.78, 5) is 26.6. The molecule has 1 fully saturated rings. The number of piperazine rings is 1. The lowest BCUT2D eigenvalue weighted by molar-refractivity contribution is -0.153. The summed E-state index contributed by atoms with van der Waals surface area (Å²) in [6.45, 7) is 3.72. The Bertz CT molecular complexity index is 576. The molecule has 1 aromatic carbocycles. The van der Waals surface area contributed by atoms with Gasteiger partial charge in [0, 0.05) is 29.4 Å². The van der Waals surface area contributed by atoms with Gasteiger partial charge in [0.1, 0.15) is 11.6 Å². The van der Waals surface area contributed by atoms with E-state index in [4.69, 9.17) is 0 Å². The molecule has 5 nitrogen and oxygen atoms in total. The molecule has 1 saturated heterocycles. The molecule has 2 rings (SSSR count). The highest BCUT2D eigenvalue weighted by molar-refractivity contribution is 7.84. The van der Waals surface area contributed by atoms with Gasteiger partial charge in [0.05, 0.1) is 0 Å². The van der Waals surface area contributed by atoms with Crippen LogP contribution in [0.1, 0.15) is 19.4 Å². The summed E-state index contributed by atoms with van der Waals surface area (Å²) in [5.41, 5.74) is -0.321. The van der Waals surface area contributed by atoms with Crippen LogP contribution in [0.3, 0.4) is 0 Å². The van der Waals surface area contributed by atoms with Crippen molar-refractivity contribution in [3.05, 3.63) is 35.9 Å². The lowest BCUT2D eigenvalue weighted by Gasteiger charge is -2.43. The van der Waals surface area contributed by atoms with Gasteiger partial charge in [-0.3, -0.25) is 13.8 Å². The SMILES string of the molecule is CC1C(=O)NC(C)(c2ccccc2)C(=O)N1CCS(C)=O. The van der Waals surface area contributed by atoms with Crippen LogP contribution < -0.4 is 5.32 Å². The van der Waals surface area contributed by atoms with Crippen molar-refractivity contribution in [3.63, 3.8) is 0 Å². The summed E-state index contributed by atoms with van der Waals surface area (Å²) >= 11 is 0. The molecule has 6 heteroatoms. The fraction of sp³-hybridized carbons (Fsp3) is 0.467. The molecule has 1 aliphatic rings. The zero-order valence-electron chi connectivity index (χ0n) is 12.5. The standard InChI is InChI=1S/C15H20N2O3S/c1-11-13(18)16-15(2,12-7-5-4-6-8-12)14(19)17(11)9-10-21(3)20/h4-8,11H,9-10H2,1-3H3,(H,16,18). The Morgan fingerprint density at radius 2 is 1.90 bits per heavy atom. The van der Waals surface area contributed by atoms with E-state index in [9.17, 15) is 13.8 Å². The number of nitrogens with one attached hydrogen (secondary N) is 1. The predicted molar refractivity (Wildman–Crippen MR) is 82.0 cm³/mol. The van der Waals surface area contributed by atoms with Crippen LogP contribution in [0.2, 0.25) is 0 Å². The first kappa shape index (κ1) is 15.7. The van der Waals surface area contributed by atoms with Gasteiger partial charge in [0.2, 0.25) is 5.91 Å². The van der Waals surface area contributed by atoms with Crippen LogP contribution >= 0.6 is 0 Å². The largest absolute Gasteiger partial charge is 0.336 e. The molecule has 0 radical (unpaired) electrons. The third-order valence-electron chi connectivity index (χ3n) is 3.88. The lowest BCUT2D eigenvalue weighted by Crippen LogP contribution is -2.67. The monoisotopic (exact) mass is 308 g/mol. The highest BCUT2D eigenvalue weighted by Crippen LogP contribution is 2.28. The number of nitrogens with zero attached hydrogens (tertiary/aromatic N) is 1. The quantitative estimate of drug-likeness (QED) is 0.887. The second-order valence-corrected chi connectivity index (χ2v) is 6.99. The van der Waals surface area contributed by atoms with Gasteiger partial charge < -0.3 is 10.2 Å². The fourth-order valence-electron chi connectivity index (χ4n) is 2.50. The van der Waals surface area contributed by atoms with Crippen LogP contribution in [-0.4, -0.2) is 45.5 Å². The first-order chi connectivity index (χ1) is 9.86. The average molecular weight is 308 g/mol. The van der Waals surface area contributed by atoms with Crippen LogP contribution in [0.5, 0.6) is 0 Å². The van der Waals surface area contributed by atoms with Gasteiger partial charge in [-0.15, -0.1) is 0 Å². The topological polar surface area (TPSA) is 66.5 Å². The molecule has 1 N–H and O–H groups in total. The molecular formula is C15H20N2O3S. The van der Waals surface area contributed by atoms with Gasteiger partial charge in [-0.2, -0.15) is 0 Å². The molecule has 114 valence electrons. The normalized spacial score (nSPS) is 27.4. The predicted octanol–water partition coefficient (Wildman–Crippen LogP) is 0.627. The highest BCUT2D eigenvalue weighted by Gasteiger charge is 2.47. The van der Waals surface area contributed by atoms with Crippen molar-refractivity contribution < 1.29 is 13.8 Å². The van der Waals surface area contributed by atoms with Crippen LogP contribution in [0.25, 0.3) is 0 Å². The van der Waals surface area contributed by atoms with E-state index in [0.29, 0.717) is 12.3 Å². The van der Waals surface area contributed by atoms with Gasteiger partial charge in [0.15, 0.2) is 0 Å². The van der Waals surface area contributed by atoms with Crippen molar-refractivity contribution in [1.82, 2.24) is 10.2 Å². The number of hydrogen-bond acceptors (Lipinski definition) is 3. The van der Waals surface area contributed by atoms with Gasteiger partial charge in [-0.05, 0) is 19.4 Å². The molecule has 3 atom stereocenters.